The maximum atomic E-state index is 13.1. The van der Waals surface area contributed by atoms with Crippen molar-refractivity contribution >= 4 is 5.91 Å². The predicted octanol–water partition coefficient (Wildman–Crippen LogP) is 0.977. The van der Waals surface area contributed by atoms with E-state index in [9.17, 15) is 9.18 Å². The van der Waals surface area contributed by atoms with Gasteiger partial charge in [-0.05, 0) is 24.6 Å². The molecule has 0 bridgehead atoms. The highest BCUT2D eigenvalue weighted by Gasteiger charge is 2.31. The average Bonchev–Trinajstić information content (AvgIpc) is 2.75. The number of ether oxygens (including phenoxy) is 1. The third kappa shape index (κ3) is 2.86. The van der Waals surface area contributed by atoms with Crippen molar-refractivity contribution in [3.8, 4) is 0 Å². The molecule has 1 aliphatic heterocycles. The summed E-state index contributed by atoms with van der Waals surface area (Å²) in [6.45, 7) is 2.57. The maximum Gasteiger partial charge on any atom is 0.227 e. The number of rotatable bonds is 3. The molecule has 0 spiro atoms. The van der Waals surface area contributed by atoms with Crippen LogP contribution in [0.25, 0.3) is 0 Å². The molecule has 1 aliphatic rings. The van der Waals surface area contributed by atoms with E-state index in [1.165, 1.54) is 12.1 Å². The first kappa shape index (κ1) is 13.0. The Balaban J connectivity index is 1.98. The van der Waals surface area contributed by atoms with Crippen LogP contribution in [0.1, 0.15) is 18.5 Å². The van der Waals surface area contributed by atoms with Crippen molar-refractivity contribution in [1.29, 1.82) is 0 Å². The number of carbonyl (C=O) groups is 1. The van der Waals surface area contributed by atoms with Gasteiger partial charge < -0.3 is 15.8 Å². The molecule has 1 fully saturated rings. The van der Waals surface area contributed by atoms with Crippen molar-refractivity contribution in [3.05, 3.63) is 35.6 Å². The second kappa shape index (κ2) is 5.46. The number of halogens is 1. The topological polar surface area (TPSA) is 64.3 Å². The van der Waals surface area contributed by atoms with Crippen LogP contribution in [0.2, 0.25) is 0 Å². The van der Waals surface area contributed by atoms with Gasteiger partial charge in [0.1, 0.15) is 5.82 Å². The monoisotopic (exact) mass is 252 g/mol. The van der Waals surface area contributed by atoms with Gasteiger partial charge in [-0.2, -0.15) is 0 Å². The highest BCUT2D eigenvalue weighted by atomic mass is 19.1. The number of benzene rings is 1. The van der Waals surface area contributed by atoms with Crippen LogP contribution in [0, 0.1) is 11.7 Å². The van der Waals surface area contributed by atoms with E-state index in [1.807, 2.05) is 6.92 Å². The van der Waals surface area contributed by atoms with Gasteiger partial charge in [-0.15, -0.1) is 0 Å². The van der Waals surface area contributed by atoms with Gasteiger partial charge in [0.05, 0.1) is 25.2 Å². The minimum atomic E-state index is -0.319. The van der Waals surface area contributed by atoms with Crippen LogP contribution in [-0.2, 0) is 9.53 Å². The molecule has 5 heteroatoms. The molecule has 3 atom stereocenters. The van der Waals surface area contributed by atoms with Crippen molar-refractivity contribution in [1.82, 2.24) is 5.32 Å². The minimum Gasteiger partial charge on any atom is -0.379 e. The number of hydrogen-bond donors (Lipinski definition) is 2. The summed E-state index contributed by atoms with van der Waals surface area (Å²) in [7, 11) is 0. The molecule has 1 heterocycles. The Kier molecular flexibility index (Phi) is 3.93. The number of carbonyl (C=O) groups excluding carboxylic acids is 1. The molecule has 18 heavy (non-hydrogen) atoms. The molecule has 0 aromatic heterocycles. The van der Waals surface area contributed by atoms with Gasteiger partial charge in [0, 0.05) is 6.04 Å². The first-order valence-electron chi connectivity index (χ1n) is 5.97. The molecule has 0 saturated carbocycles. The highest BCUT2D eigenvalue weighted by Crippen LogP contribution is 2.17. The lowest BCUT2D eigenvalue weighted by molar-refractivity contribution is -0.125. The smallest absolute Gasteiger partial charge is 0.227 e. The fourth-order valence-electron chi connectivity index (χ4n) is 2.02. The largest absolute Gasteiger partial charge is 0.379 e. The summed E-state index contributed by atoms with van der Waals surface area (Å²) in [6, 6.07) is 5.68. The lowest BCUT2D eigenvalue weighted by Crippen LogP contribution is -2.41. The Hall–Kier alpha value is -1.46. The Morgan fingerprint density at radius 3 is 2.94 bits per heavy atom. The number of hydrogen-bond acceptors (Lipinski definition) is 3. The molecule has 1 amide bonds. The summed E-state index contributed by atoms with van der Waals surface area (Å²) in [5, 5.41) is 2.83. The van der Waals surface area contributed by atoms with Gasteiger partial charge in [0.15, 0.2) is 0 Å². The predicted molar refractivity (Wildman–Crippen MR) is 65.2 cm³/mol. The molecule has 1 aromatic rings. The molecule has 0 radical (unpaired) electrons. The normalized spacial score (nSPS) is 24.8. The van der Waals surface area contributed by atoms with Crippen LogP contribution >= 0.6 is 0 Å². The molecular weight excluding hydrogens is 235 g/mol. The Labute approximate surface area is 105 Å². The fourth-order valence-corrected chi connectivity index (χ4v) is 2.02. The second-order valence-corrected chi connectivity index (χ2v) is 4.59. The first-order chi connectivity index (χ1) is 8.58. The number of nitrogens with two attached hydrogens (primary N) is 1. The van der Waals surface area contributed by atoms with Gasteiger partial charge in [-0.1, -0.05) is 12.1 Å². The number of amides is 1. The van der Waals surface area contributed by atoms with E-state index in [0.717, 1.165) is 5.56 Å². The van der Waals surface area contributed by atoms with Crippen molar-refractivity contribution in [2.45, 2.75) is 19.0 Å². The van der Waals surface area contributed by atoms with Crippen LogP contribution in [-0.4, -0.2) is 25.2 Å². The van der Waals surface area contributed by atoms with E-state index in [-0.39, 0.29) is 29.7 Å². The SMILES string of the molecule is C[C@H](NC(=O)C1COCC1N)c1cccc(F)c1. The van der Waals surface area contributed by atoms with E-state index in [1.54, 1.807) is 12.1 Å². The van der Waals surface area contributed by atoms with Crippen molar-refractivity contribution in [2.75, 3.05) is 13.2 Å². The standard InChI is InChI=1S/C13H17FN2O2/c1-8(9-3-2-4-10(14)5-9)16-13(17)11-6-18-7-12(11)15/h2-5,8,11-12H,6-7,15H2,1H3,(H,16,17)/t8-,11?,12?/m0/s1. The molecule has 98 valence electrons. The fraction of sp³-hybridized carbons (Fsp3) is 0.462. The van der Waals surface area contributed by atoms with Crippen LogP contribution < -0.4 is 11.1 Å². The maximum absolute atomic E-state index is 13.1. The summed E-state index contributed by atoms with van der Waals surface area (Å²) < 4.78 is 18.2. The van der Waals surface area contributed by atoms with Crippen LogP contribution in [0.15, 0.2) is 24.3 Å². The van der Waals surface area contributed by atoms with Crippen LogP contribution in [0.3, 0.4) is 0 Å². The molecule has 1 saturated heterocycles. The van der Waals surface area contributed by atoms with E-state index in [4.69, 9.17) is 10.5 Å². The zero-order chi connectivity index (χ0) is 13.1. The Morgan fingerprint density at radius 2 is 2.33 bits per heavy atom. The summed E-state index contributed by atoms with van der Waals surface area (Å²) >= 11 is 0. The van der Waals surface area contributed by atoms with Crippen LogP contribution in [0.5, 0.6) is 0 Å². The molecule has 0 aliphatic carbocycles. The van der Waals surface area contributed by atoms with E-state index < -0.39 is 0 Å². The molecule has 1 aromatic carbocycles. The zero-order valence-electron chi connectivity index (χ0n) is 10.2. The highest BCUT2D eigenvalue weighted by molar-refractivity contribution is 5.80. The molecule has 2 rings (SSSR count). The minimum absolute atomic E-state index is 0.142. The summed E-state index contributed by atoms with van der Waals surface area (Å²) in [5.41, 5.74) is 6.50. The van der Waals surface area contributed by atoms with Gasteiger partial charge in [-0.25, -0.2) is 4.39 Å². The number of nitrogens with one attached hydrogen (secondary N) is 1. The molecule has 2 unspecified atom stereocenters. The lowest BCUT2D eigenvalue weighted by atomic mass is 10.0. The van der Waals surface area contributed by atoms with Gasteiger partial charge >= 0.3 is 0 Å². The summed E-state index contributed by atoms with van der Waals surface area (Å²) in [5.74, 6) is -0.771. The quantitative estimate of drug-likeness (QED) is 0.842. The van der Waals surface area contributed by atoms with Crippen molar-refractivity contribution < 1.29 is 13.9 Å². The second-order valence-electron chi connectivity index (χ2n) is 4.59. The molecular formula is C13H17FN2O2. The van der Waals surface area contributed by atoms with Crippen molar-refractivity contribution in [2.24, 2.45) is 11.7 Å². The van der Waals surface area contributed by atoms with E-state index >= 15 is 0 Å². The first-order valence-corrected chi connectivity index (χ1v) is 5.97. The Morgan fingerprint density at radius 1 is 1.56 bits per heavy atom. The molecule has 4 nitrogen and oxygen atoms in total. The van der Waals surface area contributed by atoms with Crippen molar-refractivity contribution in [3.63, 3.8) is 0 Å². The van der Waals surface area contributed by atoms with E-state index in [0.29, 0.717) is 13.2 Å². The molecule has 3 N–H and O–H groups in total. The van der Waals surface area contributed by atoms with Gasteiger partial charge in [0.25, 0.3) is 0 Å². The third-order valence-corrected chi connectivity index (χ3v) is 3.17. The van der Waals surface area contributed by atoms with E-state index in [2.05, 4.69) is 5.32 Å². The Bertz CT molecular complexity index is 439. The van der Waals surface area contributed by atoms with Gasteiger partial charge in [0.2, 0.25) is 5.91 Å². The van der Waals surface area contributed by atoms with Gasteiger partial charge in [-0.3, -0.25) is 4.79 Å². The zero-order valence-corrected chi connectivity index (χ0v) is 10.2. The third-order valence-electron chi connectivity index (χ3n) is 3.17. The summed E-state index contributed by atoms with van der Waals surface area (Å²) in [4.78, 5) is 12.0. The average molecular weight is 252 g/mol. The van der Waals surface area contributed by atoms with Crippen LogP contribution in [0.4, 0.5) is 4.39 Å². The lowest BCUT2D eigenvalue weighted by Gasteiger charge is -2.18. The summed E-state index contributed by atoms with van der Waals surface area (Å²) in [6.07, 6.45) is 0.